The van der Waals surface area contributed by atoms with Crippen molar-refractivity contribution in [1.29, 1.82) is 5.26 Å². The molecule has 0 fully saturated rings. The van der Waals surface area contributed by atoms with Gasteiger partial charge < -0.3 is 4.90 Å². The normalized spacial score (nSPS) is 12.4. The summed E-state index contributed by atoms with van der Waals surface area (Å²) in [6.07, 6.45) is 1.44. The molecule has 1 aromatic rings. The standard InChI is InChI=1S/C13H18N2OS/c1-11(9-14)10-15(2)7-3-5-12(16)13-6-4-8-17-13/h4,6,8,11H,3,5,7,10H2,1-2H3. The van der Waals surface area contributed by atoms with Gasteiger partial charge in [0.15, 0.2) is 5.78 Å². The van der Waals surface area contributed by atoms with Gasteiger partial charge in [-0.15, -0.1) is 11.3 Å². The van der Waals surface area contributed by atoms with Gasteiger partial charge in [-0.2, -0.15) is 5.26 Å². The minimum atomic E-state index is 0.0491. The molecule has 0 radical (unpaired) electrons. The van der Waals surface area contributed by atoms with E-state index in [2.05, 4.69) is 11.0 Å². The molecule has 1 rings (SSSR count). The maximum Gasteiger partial charge on any atom is 0.172 e. The molecule has 0 saturated carbocycles. The SMILES string of the molecule is CC(C#N)CN(C)CCCC(=O)c1cccs1. The second-order valence-electron chi connectivity index (χ2n) is 4.30. The molecule has 1 heterocycles. The molecular formula is C13H18N2OS. The molecule has 0 bridgehead atoms. The van der Waals surface area contributed by atoms with Crippen molar-refractivity contribution in [2.24, 2.45) is 5.92 Å². The zero-order valence-corrected chi connectivity index (χ0v) is 11.2. The third-order valence-corrected chi connectivity index (χ3v) is 3.46. The Morgan fingerprint density at radius 2 is 2.41 bits per heavy atom. The molecular weight excluding hydrogens is 232 g/mol. The fourth-order valence-electron chi connectivity index (χ4n) is 1.67. The molecule has 3 nitrogen and oxygen atoms in total. The van der Waals surface area contributed by atoms with Gasteiger partial charge in [0.1, 0.15) is 0 Å². The summed E-state index contributed by atoms with van der Waals surface area (Å²) < 4.78 is 0. The number of hydrogen-bond acceptors (Lipinski definition) is 4. The molecule has 0 aliphatic heterocycles. The minimum Gasteiger partial charge on any atom is -0.305 e. The summed E-state index contributed by atoms with van der Waals surface area (Å²) in [6.45, 7) is 3.54. The number of nitrogens with zero attached hydrogens (tertiary/aromatic N) is 2. The van der Waals surface area contributed by atoms with E-state index in [1.807, 2.05) is 31.5 Å². The molecule has 1 aromatic heterocycles. The summed E-state index contributed by atoms with van der Waals surface area (Å²) in [5.74, 6) is 0.273. The van der Waals surface area contributed by atoms with Crippen LogP contribution >= 0.6 is 11.3 Å². The molecule has 0 aliphatic rings. The van der Waals surface area contributed by atoms with Crippen LogP contribution in [0.4, 0.5) is 0 Å². The van der Waals surface area contributed by atoms with Crippen molar-refractivity contribution in [3.63, 3.8) is 0 Å². The lowest BCUT2D eigenvalue weighted by Crippen LogP contribution is -2.25. The number of ketones is 1. The third kappa shape index (κ3) is 5.12. The van der Waals surface area contributed by atoms with Crippen molar-refractivity contribution in [2.45, 2.75) is 19.8 Å². The Labute approximate surface area is 107 Å². The van der Waals surface area contributed by atoms with Gasteiger partial charge in [0.2, 0.25) is 0 Å². The number of thiophene rings is 1. The van der Waals surface area contributed by atoms with Gasteiger partial charge in [-0.3, -0.25) is 4.79 Å². The third-order valence-electron chi connectivity index (χ3n) is 2.55. The number of Topliss-reactive ketones (excluding diaryl/α,β-unsaturated/α-hetero) is 1. The van der Waals surface area contributed by atoms with Crippen LogP contribution in [0, 0.1) is 17.2 Å². The van der Waals surface area contributed by atoms with Crippen LogP contribution in [0.1, 0.15) is 29.4 Å². The molecule has 1 atom stereocenters. The summed E-state index contributed by atoms with van der Waals surface area (Å²) in [4.78, 5) is 14.7. The average Bonchev–Trinajstić information content (AvgIpc) is 2.82. The van der Waals surface area contributed by atoms with E-state index in [4.69, 9.17) is 5.26 Å². The first kappa shape index (κ1) is 13.9. The first-order valence-electron chi connectivity index (χ1n) is 5.78. The highest BCUT2D eigenvalue weighted by atomic mass is 32.1. The Morgan fingerprint density at radius 3 is 3.00 bits per heavy atom. The number of nitriles is 1. The monoisotopic (exact) mass is 250 g/mol. The fourth-order valence-corrected chi connectivity index (χ4v) is 2.36. The summed E-state index contributed by atoms with van der Waals surface area (Å²) in [5.41, 5.74) is 0. The maximum absolute atomic E-state index is 11.7. The Kier molecular flexibility index (Phi) is 5.88. The van der Waals surface area contributed by atoms with Gasteiger partial charge in [-0.05, 0) is 38.4 Å². The van der Waals surface area contributed by atoms with Crippen LogP contribution in [-0.4, -0.2) is 30.8 Å². The summed E-state index contributed by atoms with van der Waals surface area (Å²) in [5, 5.41) is 10.6. The highest BCUT2D eigenvalue weighted by molar-refractivity contribution is 7.12. The zero-order chi connectivity index (χ0) is 12.7. The number of carbonyl (C=O) groups is 1. The number of hydrogen-bond donors (Lipinski definition) is 0. The van der Waals surface area contributed by atoms with E-state index in [0.717, 1.165) is 24.4 Å². The molecule has 1 unspecified atom stereocenters. The lowest BCUT2D eigenvalue weighted by molar-refractivity contribution is 0.0980. The Balaban J connectivity index is 2.20. The number of rotatable bonds is 7. The van der Waals surface area contributed by atoms with E-state index in [9.17, 15) is 4.79 Å². The minimum absolute atomic E-state index is 0.0491. The number of carbonyl (C=O) groups excluding carboxylic acids is 1. The van der Waals surface area contributed by atoms with Crippen molar-refractivity contribution < 1.29 is 4.79 Å². The molecule has 0 spiro atoms. The highest BCUT2D eigenvalue weighted by Gasteiger charge is 2.08. The smallest absolute Gasteiger partial charge is 0.172 e. The van der Waals surface area contributed by atoms with Crippen molar-refractivity contribution >= 4 is 17.1 Å². The first-order chi connectivity index (χ1) is 8.13. The van der Waals surface area contributed by atoms with Crippen LogP contribution < -0.4 is 0 Å². The maximum atomic E-state index is 11.7. The topological polar surface area (TPSA) is 44.1 Å². The highest BCUT2D eigenvalue weighted by Crippen LogP contribution is 2.12. The molecule has 4 heteroatoms. The van der Waals surface area contributed by atoms with Crippen LogP contribution in [0.5, 0.6) is 0 Å². The van der Waals surface area contributed by atoms with Crippen LogP contribution in [0.15, 0.2) is 17.5 Å². The van der Waals surface area contributed by atoms with Gasteiger partial charge in [0, 0.05) is 13.0 Å². The van der Waals surface area contributed by atoms with Crippen LogP contribution in [-0.2, 0) is 0 Å². The van der Waals surface area contributed by atoms with E-state index in [-0.39, 0.29) is 11.7 Å². The van der Waals surface area contributed by atoms with E-state index in [1.165, 1.54) is 11.3 Å². The van der Waals surface area contributed by atoms with E-state index < -0.39 is 0 Å². The lowest BCUT2D eigenvalue weighted by atomic mass is 10.1. The zero-order valence-electron chi connectivity index (χ0n) is 10.3. The molecule has 92 valence electrons. The summed E-state index contributed by atoms with van der Waals surface area (Å²) in [6, 6.07) is 5.98. The van der Waals surface area contributed by atoms with Crippen LogP contribution in [0.2, 0.25) is 0 Å². The van der Waals surface area contributed by atoms with E-state index in [0.29, 0.717) is 6.42 Å². The predicted octanol–water partition coefficient (Wildman–Crippen LogP) is 2.80. The van der Waals surface area contributed by atoms with Crippen LogP contribution in [0.3, 0.4) is 0 Å². The summed E-state index contributed by atoms with van der Waals surface area (Å²) >= 11 is 1.50. The molecule has 0 aliphatic carbocycles. The molecule has 0 N–H and O–H groups in total. The van der Waals surface area contributed by atoms with Crippen molar-refractivity contribution in [3.05, 3.63) is 22.4 Å². The summed E-state index contributed by atoms with van der Waals surface area (Å²) in [7, 11) is 1.99. The Bertz CT molecular complexity index is 381. The van der Waals surface area contributed by atoms with Gasteiger partial charge in [0.05, 0.1) is 16.9 Å². The largest absolute Gasteiger partial charge is 0.305 e. The predicted molar refractivity (Wildman–Crippen MR) is 70.2 cm³/mol. The van der Waals surface area contributed by atoms with E-state index in [1.54, 1.807) is 0 Å². The Hall–Kier alpha value is -1.18. The molecule has 0 amide bonds. The second-order valence-corrected chi connectivity index (χ2v) is 5.24. The fraction of sp³-hybridized carbons (Fsp3) is 0.538. The average molecular weight is 250 g/mol. The Morgan fingerprint density at radius 1 is 1.65 bits per heavy atom. The molecule has 0 aromatic carbocycles. The van der Waals surface area contributed by atoms with Crippen molar-refractivity contribution in [3.8, 4) is 6.07 Å². The molecule has 0 saturated heterocycles. The van der Waals surface area contributed by atoms with Gasteiger partial charge >= 0.3 is 0 Å². The lowest BCUT2D eigenvalue weighted by Gasteiger charge is -2.17. The quantitative estimate of drug-likeness (QED) is 0.699. The van der Waals surface area contributed by atoms with Gasteiger partial charge in [0.25, 0.3) is 0 Å². The molecule has 17 heavy (non-hydrogen) atoms. The van der Waals surface area contributed by atoms with Gasteiger partial charge in [-0.25, -0.2) is 0 Å². The van der Waals surface area contributed by atoms with Gasteiger partial charge in [-0.1, -0.05) is 6.07 Å². The van der Waals surface area contributed by atoms with Crippen LogP contribution in [0.25, 0.3) is 0 Å². The van der Waals surface area contributed by atoms with Crippen molar-refractivity contribution in [2.75, 3.05) is 20.1 Å². The first-order valence-corrected chi connectivity index (χ1v) is 6.66. The second kappa shape index (κ2) is 7.21. The van der Waals surface area contributed by atoms with E-state index >= 15 is 0 Å². The van der Waals surface area contributed by atoms with Crippen molar-refractivity contribution in [1.82, 2.24) is 4.90 Å².